The molecule has 4 heteroatoms. The van der Waals surface area contributed by atoms with Gasteiger partial charge in [0.15, 0.2) is 5.79 Å². The Morgan fingerprint density at radius 2 is 1.92 bits per heavy atom. The van der Waals surface area contributed by atoms with Crippen LogP contribution in [0.25, 0.3) is 0 Å². The molecule has 5 fully saturated rings. The van der Waals surface area contributed by atoms with Crippen molar-refractivity contribution in [2.75, 3.05) is 6.61 Å². The molecule has 0 aromatic carbocycles. The fourth-order valence-electron chi connectivity index (χ4n) is 10.5. The Bertz CT molecular complexity index is 902. The molecule has 0 bridgehead atoms. The van der Waals surface area contributed by atoms with Crippen molar-refractivity contribution in [1.82, 2.24) is 0 Å². The molecule has 0 radical (unpaired) electrons. The molecule has 2 saturated heterocycles. The molecule has 208 valence electrons. The number of carbonyl (C=O) groups excluding carboxylic acids is 1. The number of allylic oxidation sites excluding steroid dienone is 1. The molecule has 37 heavy (non-hydrogen) atoms. The molecule has 0 N–H and O–H groups in total. The first kappa shape index (κ1) is 26.4. The van der Waals surface area contributed by atoms with Gasteiger partial charge < -0.3 is 14.2 Å². The third kappa shape index (κ3) is 4.17. The average Bonchev–Trinajstić information content (AvgIpc) is 3.31. The number of esters is 1. The summed E-state index contributed by atoms with van der Waals surface area (Å²) in [6, 6.07) is 0. The van der Waals surface area contributed by atoms with Gasteiger partial charge in [0.05, 0.1) is 12.7 Å². The van der Waals surface area contributed by atoms with Gasteiger partial charge >= 0.3 is 5.97 Å². The maximum absolute atomic E-state index is 12.4. The smallest absolute Gasteiger partial charge is 0.306 e. The van der Waals surface area contributed by atoms with Gasteiger partial charge in [-0.2, -0.15) is 0 Å². The Balaban J connectivity index is 1.15. The molecular weight excluding hydrogens is 460 g/mol. The molecule has 6 rings (SSSR count). The number of carbonyl (C=O) groups is 1. The number of ether oxygens (including phenoxy) is 3. The Labute approximate surface area is 225 Å². The minimum atomic E-state index is -0.315. The minimum absolute atomic E-state index is 0.0190. The first-order valence-corrected chi connectivity index (χ1v) is 15.9. The third-order valence-corrected chi connectivity index (χ3v) is 12.6. The van der Waals surface area contributed by atoms with Crippen molar-refractivity contribution in [2.24, 2.45) is 46.3 Å². The highest BCUT2D eigenvalue weighted by atomic mass is 16.7. The average molecular weight is 513 g/mol. The van der Waals surface area contributed by atoms with Gasteiger partial charge in [-0.05, 0) is 91.8 Å². The van der Waals surface area contributed by atoms with E-state index in [1.807, 2.05) is 0 Å². The Morgan fingerprint density at radius 1 is 1.08 bits per heavy atom. The fraction of sp³-hybridized carbons (Fsp3) is 0.909. The van der Waals surface area contributed by atoms with Gasteiger partial charge in [-0.1, -0.05) is 59.1 Å². The molecule has 2 unspecified atom stereocenters. The number of hydrogen-bond acceptors (Lipinski definition) is 4. The van der Waals surface area contributed by atoms with Gasteiger partial charge in [-0.15, -0.1) is 0 Å². The summed E-state index contributed by atoms with van der Waals surface area (Å²) < 4.78 is 19.4. The molecule has 0 aromatic heterocycles. The SMILES string of the molecule is CCCCCC(=O)OC1CC[C@@]2(C)C(=CC[C@H]3[C@@H]4C[C@@H]5O[C@]6(CCC(C)CO6)[C@@H](C)[C@@H]5[C@@]4(C)CC[C@@H]32)C1. The Kier molecular flexibility index (Phi) is 6.87. The van der Waals surface area contributed by atoms with Crippen LogP contribution in [0.1, 0.15) is 118 Å². The molecule has 0 aromatic rings. The normalized spacial score (nSPS) is 50.6. The second kappa shape index (κ2) is 9.65. The molecule has 4 nitrogen and oxygen atoms in total. The van der Waals surface area contributed by atoms with Crippen molar-refractivity contribution in [3.63, 3.8) is 0 Å². The molecule has 2 heterocycles. The van der Waals surface area contributed by atoms with E-state index in [0.717, 1.165) is 62.9 Å². The van der Waals surface area contributed by atoms with E-state index in [4.69, 9.17) is 14.2 Å². The molecule has 1 spiro atoms. The lowest BCUT2D eigenvalue weighted by Gasteiger charge is -2.58. The molecule has 4 aliphatic carbocycles. The Hall–Kier alpha value is -0.870. The van der Waals surface area contributed by atoms with Crippen LogP contribution in [-0.4, -0.2) is 30.6 Å². The molecule has 3 saturated carbocycles. The third-order valence-electron chi connectivity index (χ3n) is 12.6. The lowest BCUT2D eigenvalue weighted by Crippen LogP contribution is -2.52. The van der Waals surface area contributed by atoms with Crippen LogP contribution in [0.2, 0.25) is 0 Å². The number of hydrogen-bond donors (Lipinski definition) is 0. The molecule has 2 aliphatic heterocycles. The minimum Gasteiger partial charge on any atom is -0.462 e. The van der Waals surface area contributed by atoms with Gasteiger partial charge in [0.1, 0.15) is 6.10 Å². The summed E-state index contributed by atoms with van der Waals surface area (Å²) in [4.78, 5) is 12.4. The quantitative estimate of drug-likeness (QED) is 0.214. The van der Waals surface area contributed by atoms with E-state index in [1.54, 1.807) is 5.57 Å². The van der Waals surface area contributed by atoms with Crippen molar-refractivity contribution in [1.29, 1.82) is 0 Å². The Morgan fingerprint density at radius 3 is 2.68 bits per heavy atom. The van der Waals surface area contributed by atoms with Gasteiger partial charge in [-0.3, -0.25) is 4.79 Å². The number of fused-ring (bicyclic) bond motifs is 7. The molecular formula is C33H52O4. The number of unbranched alkanes of at least 4 members (excludes halogenated alkanes) is 2. The van der Waals surface area contributed by atoms with Gasteiger partial charge in [0.2, 0.25) is 0 Å². The lowest BCUT2D eigenvalue weighted by molar-refractivity contribution is -0.272. The summed E-state index contributed by atoms with van der Waals surface area (Å²) in [5.74, 6) is 3.77. The summed E-state index contributed by atoms with van der Waals surface area (Å²) in [6.45, 7) is 13.0. The zero-order valence-electron chi connectivity index (χ0n) is 24.2. The van der Waals surface area contributed by atoms with Crippen molar-refractivity contribution in [2.45, 2.75) is 136 Å². The number of rotatable bonds is 5. The van der Waals surface area contributed by atoms with Crippen LogP contribution < -0.4 is 0 Å². The van der Waals surface area contributed by atoms with Crippen molar-refractivity contribution < 1.29 is 19.0 Å². The summed E-state index contributed by atoms with van der Waals surface area (Å²) in [7, 11) is 0. The maximum Gasteiger partial charge on any atom is 0.306 e. The predicted octanol–water partition coefficient (Wildman–Crippen LogP) is 7.85. The summed E-state index contributed by atoms with van der Waals surface area (Å²) >= 11 is 0. The van der Waals surface area contributed by atoms with Crippen LogP contribution in [0.5, 0.6) is 0 Å². The first-order chi connectivity index (χ1) is 17.7. The van der Waals surface area contributed by atoms with Crippen molar-refractivity contribution in [3.05, 3.63) is 11.6 Å². The largest absolute Gasteiger partial charge is 0.462 e. The van der Waals surface area contributed by atoms with Gasteiger partial charge in [0.25, 0.3) is 0 Å². The van der Waals surface area contributed by atoms with Crippen LogP contribution >= 0.6 is 0 Å². The standard InChI is InChI=1S/C33H52O4/c1-6-7-8-9-29(34)36-24-13-15-31(4)23(18-24)10-11-25-26(31)14-16-32(5)27(25)19-28-30(32)22(3)33(37-28)17-12-21(2)20-35-33/h10,21-22,24-28,30H,6-9,11-20H2,1-5H3/t21?,22-,24?,25+,26-,27-,28-,30-,31-,32-,33+/m0/s1. The predicted molar refractivity (Wildman–Crippen MR) is 146 cm³/mol. The van der Waals surface area contributed by atoms with Gasteiger partial charge in [0, 0.05) is 25.2 Å². The van der Waals surface area contributed by atoms with Crippen molar-refractivity contribution in [3.8, 4) is 0 Å². The molecule has 6 aliphatic rings. The zero-order chi connectivity index (χ0) is 26.0. The van der Waals surface area contributed by atoms with Crippen LogP contribution in [0.4, 0.5) is 0 Å². The van der Waals surface area contributed by atoms with Crippen LogP contribution in [0.15, 0.2) is 11.6 Å². The summed E-state index contributed by atoms with van der Waals surface area (Å²) in [5, 5.41) is 0. The van der Waals surface area contributed by atoms with E-state index in [-0.39, 0.29) is 23.3 Å². The van der Waals surface area contributed by atoms with Crippen LogP contribution in [0.3, 0.4) is 0 Å². The lowest BCUT2D eigenvalue weighted by atomic mass is 9.47. The van der Waals surface area contributed by atoms with Crippen LogP contribution in [0, 0.1) is 46.3 Å². The highest BCUT2D eigenvalue weighted by Crippen LogP contribution is 2.70. The fourth-order valence-corrected chi connectivity index (χ4v) is 10.5. The monoisotopic (exact) mass is 512 g/mol. The van der Waals surface area contributed by atoms with Gasteiger partial charge in [-0.25, -0.2) is 0 Å². The second-order valence-electron chi connectivity index (χ2n) is 14.6. The summed E-state index contributed by atoms with van der Waals surface area (Å²) in [5.41, 5.74) is 2.25. The van der Waals surface area contributed by atoms with E-state index in [0.29, 0.717) is 35.7 Å². The topological polar surface area (TPSA) is 44.8 Å². The highest BCUT2D eigenvalue weighted by molar-refractivity contribution is 5.69. The maximum atomic E-state index is 12.4. The molecule has 11 atom stereocenters. The van der Waals surface area contributed by atoms with E-state index >= 15 is 0 Å². The van der Waals surface area contributed by atoms with E-state index in [2.05, 4.69) is 40.7 Å². The zero-order valence-corrected chi connectivity index (χ0v) is 24.2. The second-order valence-corrected chi connectivity index (χ2v) is 14.6. The molecule has 0 amide bonds. The highest BCUT2D eigenvalue weighted by Gasteiger charge is 2.68. The van der Waals surface area contributed by atoms with Crippen molar-refractivity contribution >= 4 is 5.97 Å². The summed E-state index contributed by atoms with van der Waals surface area (Å²) in [6.07, 6.45) is 17.4. The van der Waals surface area contributed by atoms with Crippen LogP contribution in [-0.2, 0) is 19.0 Å². The first-order valence-electron chi connectivity index (χ1n) is 15.9. The van der Waals surface area contributed by atoms with E-state index < -0.39 is 0 Å². The van der Waals surface area contributed by atoms with E-state index in [1.165, 1.54) is 38.5 Å². The van der Waals surface area contributed by atoms with E-state index in [9.17, 15) is 4.79 Å².